The van der Waals surface area contributed by atoms with Gasteiger partial charge >= 0.3 is 0 Å². The lowest BCUT2D eigenvalue weighted by molar-refractivity contribution is -0.128. The molecular weight excluding hydrogens is 248 g/mol. The minimum Gasteiger partial charge on any atom is -0.274 e. The molecule has 0 N–H and O–H groups in total. The van der Waals surface area contributed by atoms with Crippen LogP contribution in [0.15, 0.2) is 35.8 Å². The number of carbonyl (C=O) groups excluding carboxylic acids is 2. The monoisotopic (exact) mass is 258 g/mol. The lowest BCUT2D eigenvalue weighted by atomic mass is 10.1. The summed E-state index contributed by atoms with van der Waals surface area (Å²) < 4.78 is 0. The van der Waals surface area contributed by atoms with Gasteiger partial charge in [0.1, 0.15) is 0 Å². The van der Waals surface area contributed by atoms with Crippen LogP contribution >= 0.6 is 11.3 Å². The second kappa shape index (κ2) is 4.34. The number of rotatable bonds is 2. The van der Waals surface area contributed by atoms with Crippen molar-refractivity contribution >= 4 is 23.2 Å². The summed E-state index contributed by atoms with van der Waals surface area (Å²) in [5.74, 6) is -0.363. The Morgan fingerprint density at radius 2 is 2.17 bits per heavy atom. The average molecular weight is 258 g/mol. The number of amides is 2. The number of hydrogen-bond acceptors (Lipinski definition) is 4. The first-order valence-corrected chi connectivity index (χ1v) is 6.44. The van der Waals surface area contributed by atoms with E-state index in [0.717, 1.165) is 11.3 Å². The van der Waals surface area contributed by atoms with Gasteiger partial charge in [0.05, 0.1) is 23.5 Å². The molecule has 0 aromatic carbocycles. The number of thiophene rings is 1. The van der Waals surface area contributed by atoms with Crippen molar-refractivity contribution < 1.29 is 9.59 Å². The third kappa shape index (κ3) is 1.82. The van der Waals surface area contributed by atoms with Crippen molar-refractivity contribution in [1.82, 2.24) is 9.88 Å². The smallest absolute Gasteiger partial charge is 0.271 e. The molecule has 2 aromatic rings. The summed E-state index contributed by atoms with van der Waals surface area (Å²) in [6, 6.07) is 7.30. The SMILES string of the molecule is O=C1Cc2ccsc2C(=O)N1Cc1ccccn1. The molecule has 18 heavy (non-hydrogen) atoms. The van der Waals surface area contributed by atoms with E-state index in [-0.39, 0.29) is 18.4 Å². The maximum Gasteiger partial charge on any atom is 0.271 e. The fraction of sp³-hybridized carbons (Fsp3) is 0.154. The van der Waals surface area contributed by atoms with Crippen LogP contribution in [-0.2, 0) is 17.8 Å². The number of hydrogen-bond donors (Lipinski definition) is 0. The fourth-order valence-electron chi connectivity index (χ4n) is 1.97. The second-order valence-corrected chi connectivity index (χ2v) is 4.97. The maximum absolute atomic E-state index is 12.2. The Hall–Kier alpha value is -2.01. The van der Waals surface area contributed by atoms with Gasteiger partial charge in [0.15, 0.2) is 0 Å². The van der Waals surface area contributed by atoms with Gasteiger partial charge in [0.2, 0.25) is 5.91 Å². The third-order valence-electron chi connectivity index (χ3n) is 2.88. The topological polar surface area (TPSA) is 50.3 Å². The first kappa shape index (κ1) is 11.1. The van der Waals surface area contributed by atoms with E-state index in [1.165, 1.54) is 16.2 Å². The van der Waals surface area contributed by atoms with Crippen LogP contribution in [-0.4, -0.2) is 21.7 Å². The lowest BCUT2D eigenvalue weighted by Crippen LogP contribution is -2.41. The summed E-state index contributed by atoms with van der Waals surface area (Å²) in [6.45, 7) is 0.246. The van der Waals surface area contributed by atoms with Crippen molar-refractivity contribution in [2.45, 2.75) is 13.0 Å². The van der Waals surface area contributed by atoms with E-state index in [0.29, 0.717) is 11.3 Å². The summed E-state index contributed by atoms with van der Waals surface area (Å²) in [4.78, 5) is 30.2. The van der Waals surface area contributed by atoms with Crippen LogP contribution in [0.1, 0.15) is 20.9 Å². The predicted octanol–water partition coefficient (Wildman–Crippen LogP) is 1.87. The maximum atomic E-state index is 12.2. The first-order valence-electron chi connectivity index (χ1n) is 5.56. The van der Waals surface area contributed by atoms with Gasteiger partial charge in [-0.1, -0.05) is 6.07 Å². The van der Waals surface area contributed by atoms with Crippen LogP contribution in [0.2, 0.25) is 0 Å². The van der Waals surface area contributed by atoms with Gasteiger partial charge in [-0.05, 0) is 29.1 Å². The second-order valence-electron chi connectivity index (χ2n) is 4.06. The zero-order chi connectivity index (χ0) is 12.5. The standard InChI is InChI=1S/C13H10N2O2S/c16-11-7-9-4-6-18-12(9)13(17)15(11)8-10-3-1-2-5-14-10/h1-6H,7-8H2. The molecule has 5 heteroatoms. The molecule has 0 aliphatic carbocycles. The number of nitrogens with zero attached hydrogens (tertiary/aromatic N) is 2. The predicted molar refractivity (Wildman–Crippen MR) is 67.1 cm³/mol. The molecule has 90 valence electrons. The normalized spacial score (nSPS) is 14.8. The number of fused-ring (bicyclic) bond motifs is 1. The Morgan fingerprint density at radius 3 is 2.94 bits per heavy atom. The van der Waals surface area contributed by atoms with E-state index < -0.39 is 0 Å². The summed E-state index contributed by atoms with van der Waals surface area (Å²) in [5.41, 5.74) is 1.56. The zero-order valence-corrected chi connectivity index (χ0v) is 10.3. The molecular formula is C13H10N2O2S. The quantitative estimate of drug-likeness (QED) is 0.773. The fourth-order valence-corrected chi connectivity index (χ4v) is 2.84. The van der Waals surface area contributed by atoms with Gasteiger partial charge in [0.25, 0.3) is 5.91 Å². The third-order valence-corrected chi connectivity index (χ3v) is 3.82. The number of aromatic nitrogens is 1. The van der Waals surface area contributed by atoms with Crippen LogP contribution in [0.4, 0.5) is 0 Å². The molecule has 0 fully saturated rings. The summed E-state index contributed by atoms with van der Waals surface area (Å²) >= 11 is 1.39. The molecule has 2 aromatic heterocycles. The molecule has 1 aliphatic rings. The molecule has 2 amide bonds. The summed E-state index contributed by atoms with van der Waals surface area (Å²) in [7, 11) is 0. The van der Waals surface area contributed by atoms with Crippen LogP contribution in [0.5, 0.6) is 0 Å². The number of carbonyl (C=O) groups is 2. The molecule has 0 spiro atoms. The largest absolute Gasteiger partial charge is 0.274 e. The summed E-state index contributed by atoms with van der Waals surface area (Å²) in [6.07, 6.45) is 1.96. The highest BCUT2D eigenvalue weighted by Gasteiger charge is 2.31. The molecule has 0 bridgehead atoms. The molecule has 3 heterocycles. The van der Waals surface area contributed by atoms with Crippen molar-refractivity contribution in [3.05, 3.63) is 52.0 Å². The van der Waals surface area contributed by atoms with E-state index in [2.05, 4.69) is 4.98 Å². The van der Waals surface area contributed by atoms with Gasteiger partial charge in [-0.25, -0.2) is 0 Å². The van der Waals surface area contributed by atoms with E-state index in [1.807, 2.05) is 23.6 Å². The zero-order valence-electron chi connectivity index (χ0n) is 9.50. The Balaban J connectivity index is 1.90. The molecule has 1 aliphatic heterocycles. The van der Waals surface area contributed by atoms with Crippen molar-refractivity contribution in [3.8, 4) is 0 Å². The highest BCUT2D eigenvalue weighted by Crippen LogP contribution is 2.25. The Kier molecular flexibility index (Phi) is 2.68. The van der Waals surface area contributed by atoms with Gasteiger partial charge < -0.3 is 0 Å². The van der Waals surface area contributed by atoms with Gasteiger partial charge in [-0.15, -0.1) is 11.3 Å². The minimum absolute atomic E-state index is 0.156. The first-order chi connectivity index (χ1) is 8.75. The van der Waals surface area contributed by atoms with Crippen LogP contribution in [0.25, 0.3) is 0 Å². The van der Waals surface area contributed by atoms with E-state index in [4.69, 9.17) is 0 Å². The van der Waals surface area contributed by atoms with E-state index in [1.54, 1.807) is 12.3 Å². The van der Waals surface area contributed by atoms with Crippen molar-refractivity contribution in [1.29, 1.82) is 0 Å². The highest BCUT2D eigenvalue weighted by atomic mass is 32.1. The molecule has 0 saturated heterocycles. The lowest BCUT2D eigenvalue weighted by Gasteiger charge is -2.24. The Morgan fingerprint density at radius 1 is 1.28 bits per heavy atom. The summed E-state index contributed by atoms with van der Waals surface area (Å²) in [5, 5.41) is 1.85. The molecule has 4 nitrogen and oxygen atoms in total. The average Bonchev–Trinajstić information content (AvgIpc) is 2.84. The number of imide groups is 1. The highest BCUT2D eigenvalue weighted by molar-refractivity contribution is 7.12. The Bertz CT molecular complexity index is 606. The van der Waals surface area contributed by atoms with Crippen molar-refractivity contribution in [3.63, 3.8) is 0 Å². The van der Waals surface area contributed by atoms with Gasteiger partial charge in [-0.2, -0.15) is 0 Å². The van der Waals surface area contributed by atoms with Crippen molar-refractivity contribution in [2.24, 2.45) is 0 Å². The van der Waals surface area contributed by atoms with Crippen molar-refractivity contribution in [2.75, 3.05) is 0 Å². The van der Waals surface area contributed by atoms with Crippen LogP contribution in [0, 0.1) is 0 Å². The van der Waals surface area contributed by atoms with Crippen LogP contribution < -0.4 is 0 Å². The molecule has 0 saturated carbocycles. The van der Waals surface area contributed by atoms with E-state index in [9.17, 15) is 9.59 Å². The molecule has 0 radical (unpaired) electrons. The van der Waals surface area contributed by atoms with Gasteiger partial charge in [-0.3, -0.25) is 19.5 Å². The van der Waals surface area contributed by atoms with Crippen LogP contribution in [0.3, 0.4) is 0 Å². The van der Waals surface area contributed by atoms with Gasteiger partial charge in [0, 0.05) is 6.20 Å². The molecule has 3 rings (SSSR count). The minimum atomic E-state index is -0.207. The number of pyridine rings is 1. The Labute approximate surface area is 108 Å². The van der Waals surface area contributed by atoms with E-state index >= 15 is 0 Å². The molecule has 0 unspecified atom stereocenters. The molecule has 0 atom stereocenters.